The van der Waals surface area contributed by atoms with E-state index in [9.17, 15) is 4.79 Å². The van der Waals surface area contributed by atoms with Gasteiger partial charge in [-0.15, -0.1) is 10.2 Å². The van der Waals surface area contributed by atoms with Crippen LogP contribution < -0.4 is 10.1 Å². The maximum Gasteiger partial charge on any atom is 0.233 e. The van der Waals surface area contributed by atoms with E-state index >= 15 is 0 Å². The SMILES string of the molecule is COc1ccc(-c2nnc(S[C@H](C)C(=O)NC3CC3)n2CCc2ccccc2)cc1. The van der Waals surface area contributed by atoms with E-state index in [1.54, 1.807) is 7.11 Å². The van der Waals surface area contributed by atoms with Gasteiger partial charge >= 0.3 is 0 Å². The topological polar surface area (TPSA) is 69.0 Å². The van der Waals surface area contributed by atoms with Crippen molar-refractivity contribution in [2.24, 2.45) is 0 Å². The Labute approximate surface area is 181 Å². The van der Waals surface area contributed by atoms with Crippen LogP contribution in [0.1, 0.15) is 25.3 Å². The Balaban J connectivity index is 1.57. The predicted octanol–water partition coefficient (Wildman–Crippen LogP) is 3.96. The molecule has 3 aromatic rings. The van der Waals surface area contributed by atoms with Gasteiger partial charge in [0, 0.05) is 18.2 Å². The van der Waals surface area contributed by atoms with Crippen LogP contribution in [0.15, 0.2) is 59.8 Å². The monoisotopic (exact) mass is 422 g/mol. The van der Waals surface area contributed by atoms with Crippen LogP contribution >= 0.6 is 11.8 Å². The highest BCUT2D eigenvalue weighted by Crippen LogP contribution is 2.29. The Morgan fingerprint density at radius 2 is 1.90 bits per heavy atom. The van der Waals surface area contributed by atoms with Gasteiger partial charge in [-0.25, -0.2) is 0 Å². The van der Waals surface area contributed by atoms with E-state index in [-0.39, 0.29) is 11.2 Å². The highest BCUT2D eigenvalue weighted by Gasteiger charge is 2.27. The molecule has 1 atom stereocenters. The number of aromatic nitrogens is 3. The summed E-state index contributed by atoms with van der Waals surface area (Å²) in [5.74, 6) is 1.66. The molecule has 1 heterocycles. The molecular formula is C23H26N4O2S. The number of nitrogens with one attached hydrogen (secondary N) is 1. The Hall–Kier alpha value is -2.80. The third-order valence-corrected chi connectivity index (χ3v) is 6.19. The molecule has 7 heteroatoms. The van der Waals surface area contributed by atoms with Crippen molar-refractivity contribution in [2.75, 3.05) is 7.11 Å². The van der Waals surface area contributed by atoms with Gasteiger partial charge in [-0.05, 0) is 56.0 Å². The standard InChI is InChI=1S/C23H26N4O2S/c1-16(22(28)24-19-10-11-19)30-23-26-25-21(18-8-12-20(29-2)13-9-18)27(23)15-14-17-6-4-3-5-7-17/h3-9,12-13,16,19H,10-11,14-15H2,1-2H3,(H,24,28)/t16-/m1/s1. The molecule has 1 amide bonds. The van der Waals surface area contributed by atoms with Gasteiger partial charge in [0.25, 0.3) is 0 Å². The lowest BCUT2D eigenvalue weighted by molar-refractivity contribution is -0.120. The fourth-order valence-electron chi connectivity index (χ4n) is 3.17. The van der Waals surface area contributed by atoms with Crippen LogP contribution in [0.3, 0.4) is 0 Å². The minimum absolute atomic E-state index is 0.0612. The number of carbonyl (C=O) groups excluding carboxylic acids is 1. The second-order valence-electron chi connectivity index (χ2n) is 7.46. The third kappa shape index (κ3) is 5.02. The lowest BCUT2D eigenvalue weighted by Gasteiger charge is -2.14. The zero-order chi connectivity index (χ0) is 20.9. The molecular weight excluding hydrogens is 396 g/mol. The van der Waals surface area contributed by atoms with Crippen molar-refractivity contribution in [1.82, 2.24) is 20.1 Å². The summed E-state index contributed by atoms with van der Waals surface area (Å²) in [7, 11) is 1.65. The zero-order valence-electron chi connectivity index (χ0n) is 17.2. The molecule has 1 fully saturated rings. The van der Waals surface area contributed by atoms with E-state index in [1.807, 2.05) is 49.4 Å². The molecule has 0 unspecified atom stereocenters. The molecule has 1 aromatic heterocycles. The summed E-state index contributed by atoms with van der Waals surface area (Å²) in [5.41, 5.74) is 2.22. The van der Waals surface area contributed by atoms with Crippen LogP contribution in [0.4, 0.5) is 0 Å². The predicted molar refractivity (Wildman–Crippen MR) is 119 cm³/mol. The molecule has 6 nitrogen and oxygen atoms in total. The molecule has 1 aliphatic rings. The molecule has 1 N–H and O–H groups in total. The lowest BCUT2D eigenvalue weighted by Crippen LogP contribution is -2.32. The Morgan fingerprint density at radius 1 is 1.17 bits per heavy atom. The van der Waals surface area contributed by atoms with Crippen molar-refractivity contribution >= 4 is 17.7 Å². The first kappa shape index (κ1) is 20.5. The summed E-state index contributed by atoms with van der Waals surface area (Å²) in [6.07, 6.45) is 3.02. The number of amides is 1. The maximum absolute atomic E-state index is 12.4. The summed E-state index contributed by atoms with van der Waals surface area (Å²) in [6, 6.07) is 18.5. The van der Waals surface area contributed by atoms with Crippen molar-refractivity contribution in [3.63, 3.8) is 0 Å². The van der Waals surface area contributed by atoms with Crippen molar-refractivity contribution in [1.29, 1.82) is 0 Å². The quantitative estimate of drug-likeness (QED) is 0.529. The molecule has 0 spiro atoms. The number of hydrogen-bond donors (Lipinski definition) is 1. The number of nitrogens with zero attached hydrogens (tertiary/aromatic N) is 3. The Kier molecular flexibility index (Phi) is 6.38. The van der Waals surface area contributed by atoms with Crippen molar-refractivity contribution in [3.8, 4) is 17.1 Å². The largest absolute Gasteiger partial charge is 0.497 e. The number of aryl methyl sites for hydroxylation is 1. The molecule has 4 rings (SSSR count). The maximum atomic E-state index is 12.4. The van der Waals surface area contributed by atoms with Crippen molar-refractivity contribution in [2.45, 2.75) is 49.2 Å². The van der Waals surface area contributed by atoms with Gasteiger partial charge in [0.2, 0.25) is 5.91 Å². The van der Waals surface area contributed by atoms with Crippen molar-refractivity contribution < 1.29 is 9.53 Å². The molecule has 0 radical (unpaired) electrons. The van der Waals surface area contributed by atoms with Gasteiger partial charge in [0.1, 0.15) is 5.75 Å². The van der Waals surface area contributed by atoms with Gasteiger partial charge in [-0.3, -0.25) is 4.79 Å². The zero-order valence-corrected chi connectivity index (χ0v) is 18.1. The highest BCUT2D eigenvalue weighted by atomic mass is 32.2. The number of carbonyl (C=O) groups is 1. The van der Waals surface area contributed by atoms with E-state index in [1.165, 1.54) is 17.3 Å². The normalized spacial score (nSPS) is 14.3. The number of rotatable bonds is 9. The Morgan fingerprint density at radius 3 is 2.57 bits per heavy atom. The lowest BCUT2D eigenvalue weighted by atomic mass is 10.1. The number of benzene rings is 2. The van der Waals surface area contributed by atoms with Crippen LogP contribution in [0.2, 0.25) is 0 Å². The summed E-state index contributed by atoms with van der Waals surface area (Å²) < 4.78 is 7.38. The number of hydrogen-bond acceptors (Lipinski definition) is 5. The van der Waals surface area contributed by atoms with E-state index in [4.69, 9.17) is 4.74 Å². The first-order valence-electron chi connectivity index (χ1n) is 10.2. The van der Waals surface area contributed by atoms with Crippen molar-refractivity contribution in [3.05, 3.63) is 60.2 Å². The smallest absolute Gasteiger partial charge is 0.233 e. The number of thioether (sulfide) groups is 1. The Bertz CT molecular complexity index is 984. The van der Waals surface area contributed by atoms with E-state index in [0.29, 0.717) is 6.04 Å². The van der Waals surface area contributed by atoms with Crippen LogP contribution in [0.5, 0.6) is 5.75 Å². The summed E-state index contributed by atoms with van der Waals surface area (Å²) in [5, 5.41) is 12.5. The number of methoxy groups -OCH3 is 1. The molecule has 0 bridgehead atoms. The van der Waals surface area contributed by atoms with Gasteiger partial charge in [0.05, 0.1) is 12.4 Å². The molecule has 0 saturated heterocycles. The van der Waals surface area contributed by atoms with E-state index in [0.717, 1.165) is 48.1 Å². The van der Waals surface area contributed by atoms with Gasteiger partial charge in [-0.2, -0.15) is 0 Å². The molecule has 0 aliphatic heterocycles. The van der Waals surface area contributed by atoms with Gasteiger partial charge < -0.3 is 14.6 Å². The molecule has 2 aromatic carbocycles. The molecule has 1 aliphatic carbocycles. The second-order valence-corrected chi connectivity index (χ2v) is 8.77. The number of ether oxygens (including phenoxy) is 1. The fourth-order valence-corrected chi connectivity index (χ4v) is 4.06. The van der Waals surface area contributed by atoms with Gasteiger partial charge in [-0.1, -0.05) is 42.1 Å². The second kappa shape index (κ2) is 9.34. The van der Waals surface area contributed by atoms with E-state index in [2.05, 4.69) is 32.2 Å². The molecule has 30 heavy (non-hydrogen) atoms. The fraction of sp³-hybridized carbons (Fsp3) is 0.348. The summed E-state index contributed by atoms with van der Waals surface area (Å²) in [6.45, 7) is 2.66. The van der Waals surface area contributed by atoms with Crippen LogP contribution in [-0.2, 0) is 17.8 Å². The highest BCUT2D eigenvalue weighted by molar-refractivity contribution is 8.00. The first-order valence-corrected chi connectivity index (χ1v) is 11.1. The summed E-state index contributed by atoms with van der Waals surface area (Å²) in [4.78, 5) is 12.4. The van der Waals surface area contributed by atoms with Crippen LogP contribution in [-0.4, -0.2) is 39.1 Å². The first-order chi connectivity index (χ1) is 14.6. The molecule has 156 valence electrons. The average molecular weight is 423 g/mol. The minimum Gasteiger partial charge on any atom is -0.497 e. The molecule has 1 saturated carbocycles. The summed E-state index contributed by atoms with van der Waals surface area (Å²) >= 11 is 1.46. The van der Waals surface area contributed by atoms with Gasteiger partial charge in [0.15, 0.2) is 11.0 Å². The van der Waals surface area contributed by atoms with Crippen LogP contribution in [0, 0.1) is 0 Å². The average Bonchev–Trinajstić information content (AvgIpc) is 3.51. The minimum atomic E-state index is -0.228. The van der Waals surface area contributed by atoms with Crippen LogP contribution in [0.25, 0.3) is 11.4 Å². The third-order valence-electron chi connectivity index (χ3n) is 5.11. The van der Waals surface area contributed by atoms with E-state index < -0.39 is 0 Å².